The van der Waals surface area contributed by atoms with Crippen molar-refractivity contribution in [3.8, 4) is 0 Å². The summed E-state index contributed by atoms with van der Waals surface area (Å²) in [6.45, 7) is 3.09. The summed E-state index contributed by atoms with van der Waals surface area (Å²) in [7, 11) is 0. The molecule has 0 spiro atoms. The monoisotopic (exact) mass is 371 g/mol. The maximum Gasteiger partial charge on any atom is 0.332 e. The molecule has 1 saturated heterocycles. The Hall–Kier alpha value is -2.08. The van der Waals surface area contributed by atoms with Crippen molar-refractivity contribution in [2.75, 3.05) is 5.73 Å². The number of hydrogen-bond acceptors (Lipinski definition) is 8. The Morgan fingerprint density at radius 2 is 2.15 bits per heavy atom. The average Bonchev–Trinajstić information content (AvgIpc) is 3.02. The number of nitrogen functional groups attached to an aromatic ring is 1. The molecule has 1 fully saturated rings. The molecule has 0 saturated carbocycles. The maximum atomic E-state index is 14.4. The van der Waals surface area contributed by atoms with Gasteiger partial charge in [-0.3, -0.25) is 4.57 Å². The van der Waals surface area contributed by atoms with Crippen molar-refractivity contribution in [3.63, 3.8) is 0 Å². The summed E-state index contributed by atoms with van der Waals surface area (Å²) in [6, 6.07) is 0. The highest BCUT2D eigenvalue weighted by Crippen LogP contribution is 2.34. The molecule has 26 heavy (non-hydrogen) atoms. The molecule has 0 bridgehead atoms. The quantitative estimate of drug-likeness (QED) is 0.519. The number of nitrogens with zero attached hydrogens (tertiary/aromatic N) is 4. The number of aliphatic hydroxyl groups excluding tert-OH is 3. The van der Waals surface area contributed by atoms with Crippen LogP contribution in [0.25, 0.3) is 11.2 Å². The molecule has 2 unspecified atom stereocenters. The van der Waals surface area contributed by atoms with Crippen molar-refractivity contribution in [2.45, 2.75) is 63.6 Å². The van der Waals surface area contributed by atoms with Gasteiger partial charge in [0, 0.05) is 0 Å². The van der Waals surface area contributed by atoms with Crippen molar-refractivity contribution in [1.82, 2.24) is 19.1 Å². The average molecular weight is 371 g/mol. The van der Waals surface area contributed by atoms with Crippen molar-refractivity contribution in [1.29, 1.82) is 0 Å². The Kier molecular flexibility index (Phi) is 4.97. The van der Waals surface area contributed by atoms with Crippen LogP contribution in [-0.4, -0.2) is 65.0 Å². The number of ether oxygens (including phenoxy) is 1. The zero-order chi connectivity index (χ0) is 19.2. The van der Waals surface area contributed by atoms with Gasteiger partial charge in [0.05, 0.1) is 24.9 Å². The van der Waals surface area contributed by atoms with E-state index in [1.165, 1.54) is 17.7 Å². The highest BCUT2D eigenvalue weighted by Gasteiger charge is 2.49. The molecule has 3 heterocycles. The van der Waals surface area contributed by atoms with E-state index in [2.05, 4.69) is 9.97 Å². The Morgan fingerprint density at radius 1 is 1.46 bits per heavy atom. The van der Waals surface area contributed by atoms with Gasteiger partial charge < -0.3 is 25.8 Å². The lowest BCUT2D eigenvalue weighted by molar-refractivity contribution is -0.0800. The summed E-state index contributed by atoms with van der Waals surface area (Å²) in [4.78, 5) is 20.7. The molecular weight excluding hydrogens is 349 g/mol. The smallest absolute Gasteiger partial charge is 0.332 e. The topological polar surface area (TPSA) is 149 Å². The molecule has 1 aliphatic rings. The number of rotatable bonds is 5. The number of hydrogen-bond donors (Lipinski definition) is 4. The van der Waals surface area contributed by atoms with Crippen LogP contribution in [-0.2, 0) is 11.3 Å². The first kappa shape index (κ1) is 18.7. The number of aromatic nitrogens is 4. The Bertz CT molecular complexity index is 853. The van der Waals surface area contributed by atoms with E-state index < -0.39 is 42.5 Å². The summed E-state index contributed by atoms with van der Waals surface area (Å²) in [5.41, 5.74) is 5.24. The van der Waals surface area contributed by atoms with E-state index in [0.717, 1.165) is 4.57 Å². The molecule has 11 heteroatoms. The Balaban J connectivity index is 2.14. The number of fused-ring (bicyclic) bond motifs is 1. The molecular formula is C15H22FN5O5. The standard InChI is InChI=1S/C15H22FN5O5/c1-3-8(23)11-9(16)10(24)13(26-11)21-12-7(4-18-14(17)19-12)20(15(21)25)5-6(2)22/h4,6,8-11,13,22-24H,3,5H2,1-2H3,(H2,17,18,19)/t6?,8?,9-,10-,11-,13-/m1/s1. The second-order valence-corrected chi connectivity index (χ2v) is 6.45. The SMILES string of the molecule is CCC(O)[C@H]1O[C@@H](n2c(=O)n(CC(C)O)c3cnc(N)nc32)[C@H](O)[C@H]1F. The van der Waals surface area contributed by atoms with Gasteiger partial charge in [0.25, 0.3) is 0 Å². The van der Waals surface area contributed by atoms with Crippen LogP contribution < -0.4 is 11.4 Å². The normalized spacial score (nSPS) is 28.5. The van der Waals surface area contributed by atoms with Crippen LogP contribution in [0.4, 0.5) is 10.3 Å². The molecule has 10 nitrogen and oxygen atoms in total. The van der Waals surface area contributed by atoms with Gasteiger partial charge in [0.2, 0.25) is 5.95 Å². The molecule has 0 amide bonds. The van der Waals surface area contributed by atoms with E-state index in [1.807, 2.05) is 0 Å². The molecule has 2 aromatic heterocycles. The Labute approximate surface area is 147 Å². The number of alkyl halides is 1. The summed E-state index contributed by atoms with van der Waals surface area (Å²) < 4.78 is 22.1. The minimum Gasteiger partial charge on any atom is -0.392 e. The largest absolute Gasteiger partial charge is 0.392 e. The number of imidazole rings is 1. The van der Waals surface area contributed by atoms with Gasteiger partial charge in [0.15, 0.2) is 18.0 Å². The lowest BCUT2D eigenvalue weighted by atomic mass is 10.1. The molecule has 0 aliphatic carbocycles. The molecule has 0 aromatic carbocycles. The van der Waals surface area contributed by atoms with E-state index in [4.69, 9.17) is 10.5 Å². The van der Waals surface area contributed by atoms with Gasteiger partial charge in [-0.1, -0.05) is 6.92 Å². The van der Waals surface area contributed by atoms with Crippen molar-refractivity contribution in [2.24, 2.45) is 0 Å². The minimum absolute atomic E-state index is 0.0473. The maximum absolute atomic E-state index is 14.4. The first-order chi connectivity index (χ1) is 12.3. The molecule has 6 atom stereocenters. The molecule has 144 valence electrons. The van der Waals surface area contributed by atoms with Crippen LogP contribution in [0, 0.1) is 0 Å². The van der Waals surface area contributed by atoms with E-state index in [0.29, 0.717) is 0 Å². The van der Waals surface area contributed by atoms with Crippen molar-refractivity contribution in [3.05, 3.63) is 16.7 Å². The van der Waals surface area contributed by atoms with Gasteiger partial charge in [0.1, 0.15) is 17.7 Å². The lowest BCUT2D eigenvalue weighted by Crippen LogP contribution is -2.36. The number of anilines is 1. The highest BCUT2D eigenvalue weighted by molar-refractivity contribution is 5.72. The predicted molar refractivity (Wildman–Crippen MR) is 89.0 cm³/mol. The van der Waals surface area contributed by atoms with Gasteiger partial charge in [-0.2, -0.15) is 4.98 Å². The van der Waals surface area contributed by atoms with E-state index in [-0.39, 0.29) is 30.1 Å². The van der Waals surface area contributed by atoms with Gasteiger partial charge in [-0.05, 0) is 13.3 Å². The van der Waals surface area contributed by atoms with Gasteiger partial charge in [-0.15, -0.1) is 0 Å². The fraction of sp³-hybridized carbons (Fsp3) is 0.667. The highest BCUT2D eigenvalue weighted by atomic mass is 19.1. The van der Waals surface area contributed by atoms with Crippen LogP contribution in [0.1, 0.15) is 26.5 Å². The summed E-state index contributed by atoms with van der Waals surface area (Å²) in [6.07, 6.45) is -6.68. The summed E-state index contributed by atoms with van der Waals surface area (Å²) in [5.74, 6) is -0.116. The summed E-state index contributed by atoms with van der Waals surface area (Å²) >= 11 is 0. The molecule has 0 radical (unpaired) electrons. The second-order valence-electron chi connectivity index (χ2n) is 6.45. The number of halogens is 1. The van der Waals surface area contributed by atoms with Crippen LogP contribution in [0.15, 0.2) is 11.0 Å². The lowest BCUT2D eigenvalue weighted by Gasteiger charge is -2.18. The second kappa shape index (κ2) is 6.91. The van der Waals surface area contributed by atoms with E-state index in [1.54, 1.807) is 6.92 Å². The molecule has 2 aromatic rings. The number of nitrogens with two attached hydrogens (primary N) is 1. The predicted octanol–water partition coefficient (Wildman–Crippen LogP) is -1.08. The fourth-order valence-electron chi connectivity index (χ4n) is 3.16. The van der Waals surface area contributed by atoms with E-state index >= 15 is 0 Å². The first-order valence-corrected chi connectivity index (χ1v) is 8.33. The molecule has 1 aliphatic heterocycles. The molecule has 3 rings (SSSR count). The van der Waals surface area contributed by atoms with Crippen LogP contribution in [0.2, 0.25) is 0 Å². The van der Waals surface area contributed by atoms with Crippen molar-refractivity contribution >= 4 is 17.1 Å². The van der Waals surface area contributed by atoms with Gasteiger partial charge in [-0.25, -0.2) is 18.7 Å². The van der Waals surface area contributed by atoms with Gasteiger partial charge >= 0.3 is 5.69 Å². The van der Waals surface area contributed by atoms with E-state index in [9.17, 15) is 24.5 Å². The third-order valence-corrected chi connectivity index (χ3v) is 4.45. The van der Waals surface area contributed by atoms with Crippen LogP contribution >= 0.6 is 0 Å². The van der Waals surface area contributed by atoms with Crippen LogP contribution in [0.5, 0.6) is 0 Å². The zero-order valence-electron chi connectivity index (χ0n) is 14.4. The first-order valence-electron chi connectivity index (χ1n) is 8.33. The number of aliphatic hydroxyl groups is 3. The van der Waals surface area contributed by atoms with Crippen LogP contribution in [0.3, 0.4) is 0 Å². The summed E-state index contributed by atoms with van der Waals surface area (Å²) in [5, 5.41) is 29.8. The third-order valence-electron chi connectivity index (χ3n) is 4.45. The zero-order valence-corrected chi connectivity index (χ0v) is 14.4. The minimum atomic E-state index is -1.88. The molecule has 5 N–H and O–H groups in total. The van der Waals surface area contributed by atoms with Crippen molar-refractivity contribution < 1.29 is 24.4 Å². The Morgan fingerprint density at radius 3 is 2.77 bits per heavy atom. The third kappa shape index (κ3) is 2.96. The fourth-order valence-corrected chi connectivity index (χ4v) is 3.16.